The molecule has 1 amide bonds. The molecule has 0 radical (unpaired) electrons. The van der Waals surface area contributed by atoms with Crippen molar-refractivity contribution in [2.24, 2.45) is 17.3 Å². The van der Waals surface area contributed by atoms with E-state index in [-0.39, 0.29) is 5.91 Å². The molecule has 2 atom stereocenters. The van der Waals surface area contributed by atoms with E-state index >= 15 is 0 Å². The molecular formula is C15H28N2O. The van der Waals surface area contributed by atoms with Crippen molar-refractivity contribution >= 4 is 5.91 Å². The summed E-state index contributed by atoms with van der Waals surface area (Å²) in [5.41, 5.74) is 0.302. The molecule has 2 rings (SSSR count). The minimum atomic E-state index is 0.266. The van der Waals surface area contributed by atoms with Gasteiger partial charge in [0.15, 0.2) is 0 Å². The van der Waals surface area contributed by atoms with Gasteiger partial charge in [0.05, 0.1) is 0 Å². The van der Waals surface area contributed by atoms with Gasteiger partial charge in [0.1, 0.15) is 0 Å². The Kier molecular flexibility index (Phi) is 4.31. The highest BCUT2D eigenvalue weighted by Gasteiger charge is 2.35. The van der Waals surface area contributed by atoms with Gasteiger partial charge in [0.25, 0.3) is 0 Å². The van der Waals surface area contributed by atoms with E-state index in [0.29, 0.717) is 29.7 Å². The summed E-state index contributed by atoms with van der Waals surface area (Å²) in [5, 5.41) is 6.53. The van der Waals surface area contributed by atoms with Crippen LogP contribution in [0.15, 0.2) is 0 Å². The Morgan fingerprint density at radius 1 is 1.22 bits per heavy atom. The van der Waals surface area contributed by atoms with Crippen LogP contribution in [-0.4, -0.2) is 25.0 Å². The molecule has 18 heavy (non-hydrogen) atoms. The highest BCUT2D eigenvalue weighted by atomic mass is 16.1. The molecule has 0 aromatic rings. The number of carbonyl (C=O) groups is 1. The maximum atomic E-state index is 12.0. The molecule has 2 unspecified atom stereocenters. The van der Waals surface area contributed by atoms with Gasteiger partial charge in [-0.2, -0.15) is 0 Å². The highest BCUT2D eigenvalue weighted by molar-refractivity contribution is 5.76. The first-order chi connectivity index (χ1) is 8.47. The van der Waals surface area contributed by atoms with Crippen LogP contribution in [0.2, 0.25) is 0 Å². The van der Waals surface area contributed by atoms with Crippen LogP contribution < -0.4 is 10.6 Å². The van der Waals surface area contributed by atoms with E-state index in [9.17, 15) is 4.79 Å². The topological polar surface area (TPSA) is 41.1 Å². The number of amides is 1. The Morgan fingerprint density at radius 3 is 2.44 bits per heavy atom. The van der Waals surface area contributed by atoms with Crippen molar-refractivity contribution in [1.29, 1.82) is 0 Å². The van der Waals surface area contributed by atoms with Crippen molar-refractivity contribution < 1.29 is 4.79 Å². The van der Waals surface area contributed by atoms with Gasteiger partial charge >= 0.3 is 0 Å². The van der Waals surface area contributed by atoms with Crippen LogP contribution in [0.1, 0.15) is 52.9 Å². The summed E-state index contributed by atoms with van der Waals surface area (Å²) in [6, 6.07) is 0.402. The molecule has 0 aromatic carbocycles. The van der Waals surface area contributed by atoms with Crippen LogP contribution in [0.5, 0.6) is 0 Å². The minimum absolute atomic E-state index is 0.266. The normalized spacial score (nSPS) is 29.7. The average Bonchev–Trinajstić information content (AvgIpc) is 2.23. The molecule has 2 fully saturated rings. The van der Waals surface area contributed by atoms with Crippen molar-refractivity contribution in [3.63, 3.8) is 0 Å². The molecule has 2 aliphatic rings. The maximum absolute atomic E-state index is 12.0. The van der Waals surface area contributed by atoms with E-state index in [1.165, 1.54) is 19.3 Å². The lowest BCUT2D eigenvalue weighted by Gasteiger charge is -2.41. The van der Waals surface area contributed by atoms with E-state index in [1.807, 2.05) is 0 Å². The fraction of sp³-hybridized carbons (Fsp3) is 0.933. The van der Waals surface area contributed by atoms with Crippen LogP contribution in [-0.2, 0) is 4.79 Å². The second kappa shape index (κ2) is 5.60. The van der Waals surface area contributed by atoms with Crippen LogP contribution in [0, 0.1) is 17.3 Å². The minimum Gasteiger partial charge on any atom is -0.353 e. The molecule has 1 aliphatic carbocycles. The third-order valence-electron chi connectivity index (χ3n) is 4.56. The van der Waals surface area contributed by atoms with Gasteiger partial charge in [-0.1, -0.05) is 33.6 Å². The summed E-state index contributed by atoms with van der Waals surface area (Å²) >= 11 is 0. The van der Waals surface area contributed by atoms with E-state index in [1.54, 1.807) is 0 Å². The largest absolute Gasteiger partial charge is 0.353 e. The standard InChI is InChI=1S/C15H28N2O/c1-15(2,3)12-6-4-5-7-13(12)17-14(18)8-11-9-16-10-11/h11-13,16H,4-10H2,1-3H3,(H,17,18). The zero-order valence-corrected chi connectivity index (χ0v) is 12.1. The lowest BCUT2D eigenvalue weighted by molar-refractivity contribution is -0.124. The van der Waals surface area contributed by atoms with Gasteiger partial charge < -0.3 is 10.6 Å². The summed E-state index contributed by atoms with van der Waals surface area (Å²) < 4.78 is 0. The molecule has 1 heterocycles. The number of nitrogens with one attached hydrogen (secondary N) is 2. The summed E-state index contributed by atoms with van der Waals surface area (Å²) in [5.74, 6) is 1.47. The van der Waals surface area contributed by atoms with E-state index in [4.69, 9.17) is 0 Å². The Labute approximate surface area is 111 Å². The fourth-order valence-corrected chi connectivity index (χ4v) is 3.36. The quantitative estimate of drug-likeness (QED) is 0.809. The van der Waals surface area contributed by atoms with Gasteiger partial charge in [-0.3, -0.25) is 4.79 Å². The van der Waals surface area contributed by atoms with E-state index in [0.717, 1.165) is 19.5 Å². The Bertz CT molecular complexity index is 291. The second-order valence-corrected chi connectivity index (χ2v) is 7.16. The third-order valence-corrected chi connectivity index (χ3v) is 4.56. The molecule has 2 N–H and O–H groups in total. The van der Waals surface area contributed by atoms with Crippen molar-refractivity contribution in [2.75, 3.05) is 13.1 Å². The molecular weight excluding hydrogens is 224 g/mol. The summed E-state index contributed by atoms with van der Waals surface area (Å²) in [6.45, 7) is 8.94. The lowest BCUT2D eigenvalue weighted by Crippen LogP contribution is -2.49. The monoisotopic (exact) mass is 252 g/mol. The molecule has 0 bridgehead atoms. The number of rotatable bonds is 3. The number of hydrogen-bond acceptors (Lipinski definition) is 2. The van der Waals surface area contributed by atoms with Gasteiger partial charge in [-0.25, -0.2) is 0 Å². The molecule has 3 heteroatoms. The first kappa shape index (κ1) is 13.9. The van der Waals surface area contributed by atoms with Crippen LogP contribution in [0.3, 0.4) is 0 Å². The molecule has 1 saturated heterocycles. The van der Waals surface area contributed by atoms with Crippen molar-refractivity contribution in [1.82, 2.24) is 10.6 Å². The fourth-order valence-electron chi connectivity index (χ4n) is 3.36. The van der Waals surface area contributed by atoms with E-state index < -0.39 is 0 Å². The SMILES string of the molecule is CC(C)(C)C1CCCCC1NC(=O)CC1CNC1. The summed E-state index contributed by atoms with van der Waals surface area (Å²) in [6.07, 6.45) is 5.72. The Balaban J connectivity index is 1.86. The predicted octanol–water partition coefficient (Wildman–Crippen LogP) is 2.32. The van der Waals surface area contributed by atoms with Crippen molar-refractivity contribution in [3.8, 4) is 0 Å². The zero-order chi connectivity index (χ0) is 13.2. The van der Waals surface area contributed by atoms with Gasteiger partial charge in [0.2, 0.25) is 5.91 Å². The molecule has 0 aromatic heterocycles. The summed E-state index contributed by atoms with van der Waals surface area (Å²) in [4.78, 5) is 12.0. The van der Waals surface area contributed by atoms with Gasteiger partial charge in [-0.15, -0.1) is 0 Å². The summed E-state index contributed by atoms with van der Waals surface area (Å²) in [7, 11) is 0. The van der Waals surface area contributed by atoms with Gasteiger partial charge in [0, 0.05) is 12.5 Å². The predicted molar refractivity (Wildman–Crippen MR) is 74.3 cm³/mol. The number of carbonyl (C=O) groups excluding carboxylic acids is 1. The van der Waals surface area contributed by atoms with E-state index in [2.05, 4.69) is 31.4 Å². The third kappa shape index (κ3) is 3.47. The second-order valence-electron chi connectivity index (χ2n) is 7.16. The zero-order valence-electron chi connectivity index (χ0n) is 12.1. The van der Waals surface area contributed by atoms with Crippen LogP contribution in [0.25, 0.3) is 0 Å². The smallest absolute Gasteiger partial charge is 0.220 e. The molecule has 104 valence electrons. The molecule has 3 nitrogen and oxygen atoms in total. The maximum Gasteiger partial charge on any atom is 0.220 e. The average molecular weight is 252 g/mol. The number of hydrogen-bond donors (Lipinski definition) is 2. The van der Waals surface area contributed by atoms with Crippen molar-refractivity contribution in [2.45, 2.75) is 58.9 Å². The molecule has 1 saturated carbocycles. The van der Waals surface area contributed by atoms with Crippen LogP contribution in [0.4, 0.5) is 0 Å². The van der Waals surface area contributed by atoms with Crippen LogP contribution >= 0.6 is 0 Å². The molecule has 0 spiro atoms. The lowest BCUT2D eigenvalue weighted by atomic mass is 9.69. The first-order valence-electron chi connectivity index (χ1n) is 7.47. The van der Waals surface area contributed by atoms with Crippen molar-refractivity contribution in [3.05, 3.63) is 0 Å². The Hall–Kier alpha value is -0.570. The highest BCUT2D eigenvalue weighted by Crippen LogP contribution is 2.38. The molecule has 1 aliphatic heterocycles. The van der Waals surface area contributed by atoms with Gasteiger partial charge in [-0.05, 0) is 43.2 Å². The Morgan fingerprint density at radius 2 is 1.89 bits per heavy atom. The first-order valence-corrected chi connectivity index (χ1v) is 7.47.